The summed E-state index contributed by atoms with van der Waals surface area (Å²) < 4.78 is 1.07. The van der Waals surface area contributed by atoms with E-state index in [2.05, 4.69) is 21.0 Å². The molecule has 0 amide bonds. The molecule has 6 heteroatoms. The van der Waals surface area contributed by atoms with Crippen LogP contribution in [0.1, 0.15) is 10.4 Å². The number of carbonyl (C=O) groups is 1. The predicted molar refractivity (Wildman–Crippen MR) is 44.1 cm³/mol. The topological polar surface area (TPSA) is 72.2 Å². The van der Waals surface area contributed by atoms with Crippen LogP contribution in [0.5, 0.6) is 0 Å². The van der Waals surface area contributed by atoms with E-state index in [0.717, 1.165) is 10.9 Å². The lowest BCUT2D eigenvalue weighted by atomic mass is 10.3. The van der Waals surface area contributed by atoms with E-state index in [1.807, 2.05) is 0 Å². The fourth-order valence-electron chi connectivity index (χ4n) is 0.660. The van der Waals surface area contributed by atoms with Crippen molar-refractivity contribution in [2.75, 3.05) is 0 Å². The Balaban J connectivity index is 3.47. The first-order chi connectivity index (χ1) is 5.54. The summed E-state index contributed by atoms with van der Waals surface area (Å²) in [5, 5.41) is 12.1. The minimum atomic E-state index is -1.17. The van der Waals surface area contributed by atoms with Crippen LogP contribution in [0.15, 0.2) is 15.5 Å². The lowest BCUT2D eigenvalue weighted by Crippen LogP contribution is -2.22. The highest BCUT2D eigenvalue weighted by molar-refractivity contribution is 9.10. The van der Waals surface area contributed by atoms with Crippen molar-refractivity contribution in [2.24, 2.45) is 7.05 Å². The van der Waals surface area contributed by atoms with Crippen molar-refractivity contribution in [3.05, 3.63) is 26.6 Å². The van der Waals surface area contributed by atoms with Gasteiger partial charge in [-0.1, -0.05) is 0 Å². The number of nitrogens with zero attached hydrogens (tertiary/aromatic N) is 2. The van der Waals surface area contributed by atoms with Crippen LogP contribution in [0.3, 0.4) is 0 Å². The summed E-state index contributed by atoms with van der Waals surface area (Å²) in [6.07, 6.45) is 1.12. The highest BCUT2D eigenvalue weighted by atomic mass is 79.9. The van der Waals surface area contributed by atoms with Crippen molar-refractivity contribution < 1.29 is 9.90 Å². The van der Waals surface area contributed by atoms with Gasteiger partial charge in [0, 0.05) is 7.05 Å². The van der Waals surface area contributed by atoms with E-state index in [1.54, 1.807) is 0 Å². The molecule has 0 radical (unpaired) electrons. The largest absolute Gasteiger partial charge is 0.478 e. The second-order valence-electron chi connectivity index (χ2n) is 2.11. The maximum atomic E-state index is 11.1. The number of hydrogen-bond donors (Lipinski definition) is 1. The third kappa shape index (κ3) is 1.38. The van der Waals surface area contributed by atoms with E-state index in [0.29, 0.717) is 0 Å². The Morgan fingerprint density at radius 1 is 1.75 bits per heavy atom. The average Bonchev–Trinajstić information content (AvgIpc) is 2.00. The second-order valence-corrected chi connectivity index (χ2v) is 2.90. The second kappa shape index (κ2) is 3.06. The van der Waals surface area contributed by atoms with E-state index in [1.165, 1.54) is 7.05 Å². The quantitative estimate of drug-likeness (QED) is 0.754. The molecule has 1 aromatic rings. The summed E-state index contributed by atoms with van der Waals surface area (Å²) in [5.41, 5.74) is -0.590. The first-order valence-electron chi connectivity index (χ1n) is 2.99. The number of carboxylic acid groups (broad SMARTS) is 1. The minimum absolute atomic E-state index is 0.0208. The van der Waals surface area contributed by atoms with Crippen LogP contribution in [-0.4, -0.2) is 20.9 Å². The summed E-state index contributed by atoms with van der Waals surface area (Å²) >= 11 is 2.88. The molecule has 0 atom stereocenters. The van der Waals surface area contributed by atoms with Crippen LogP contribution in [0.25, 0.3) is 0 Å². The first-order valence-corrected chi connectivity index (χ1v) is 3.78. The molecule has 12 heavy (non-hydrogen) atoms. The van der Waals surface area contributed by atoms with Crippen LogP contribution < -0.4 is 5.56 Å². The molecule has 1 N–H and O–H groups in total. The number of aryl methyl sites for hydroxylation is 1. The van der Waals surface area contributed by atoms with Crippen LogP contribution in [0.2, 0.25) is 0 Å². The fraction of sp³-hybridized carbons (Fsp3) is 0.167. The van der Waals surface area contributed by atoms with E-state index in [-0.39, 0.29) is 10.0 Å². The van der Waals surface area contributed by atoms with E-state index < -0.39 is 11.5 Å². The normalized spacial score (nSPS) is 9.83. The maximum absolute atomic E-state index is 11.1. The number of carboxylic acids is 1. The smallest absolute Gasteiger partial charge is 0.338 e. The van der Waals surface area contributed by atoms with Crippen molar-refractivity contribution in [1.29, 1.82) is 0 Å². The standard InChI is InChI=1S/C6H5BrN2O3/c1-9-5(10)4(7)3(2-8-9)6(11)12/h2H,1H3,(H,11,12). The molecule has 0 aliphatic carbocycles. The summed E-state index contributed by atoms with van der Waals surface area (Å²) in [6.45, 7) is 0. The third-order valence-electron chi connectivity index (χ3n) is 1.31. The van der Waals surface area contributed by atoms with Crippen molar-refractivity contribution in [3.63, 3.8) is 0 Å². The minimum Gasteiger partial charge on any atom is -0.478 e. The van der Waals surface area contributed by atoms with Gasteiger partial charge in [0.2, 0.25) is 0 Å². The van der Waals surface area contributed by atoms with Gasteiger partial charge >= 0.3 is 5.97 Å². The van der Waals surface area contributed by atoms with Crippen LogP contribution in [0.4, 0.5) is 0 Å². The molecular weight excluding hydrogens is 228 g/mol. The monoisotopic (exact) mass is 232 g/mol. The maximum Gasteiger partial charge on any atom is 0.338 e. The Bertz CT molecular complexity index is 385. The predicted octanol–water partition coefficient (Wildman–Crippen LogP) is 0.241. The Kier molecular flexibility index (Phi) is 2.27. The van der Waals surface area contributed by atoms with Gasteiger partial charge in [-0.05, 0) is 15.9 Å². The van der Waals surface area contributed by atoms with Crippen molar-refractivity contribution >= 4 is 21.9 Å². The molecule has 1 rings (SSSR count). The zero-order valence-corrected chi connectivity index (χ0v) is 7.70. The molecule has 0 aliphatic rings. The highest BCUT2D eigenvalue weighted by Gasteiger charge is 2.12. The van der Waals surface area contributed by atoms with Gasteiger partial charge < -0.3 is 5.11 Å². The molecule has 0 saturated heterocycles. The van der Waals surface area contributed by atoms with Gasteiger partial charge in [0.1, 0.15) is 4.47 Å². The fourth-order valence-corrected chi connectivity index (χ4v) is 1.19. The Morgan fingerprint density at radius 2 is 2.33 bits per heavy atom. The molecule has 0 saturated carbocycles. The Labute approximate surface area is 75.8 Å². The summed E-state index contributed by atoms with van der Waals surface area (Å²) in [4.78, 5) is 21.6. The van der Waals surface area contributed by atoms with Gasteiger partial charge in [0.25, 0.3) is 5.56 Å². The zero-order valence-electron chi connectivity index (χ0n) is 6.11. The van der Waals surface area contributed by atoms with Crippen molar-refractivity contribution in [1.82, 2.24) is 9.78 Å². The molecule has 0 aromatic carbocycles. The molecule has 0 aliphatic heterocycles. The van der Waals surface area contributed by atoms with Crippen molar-refractivity contribution in [3.8, 4) is 0 Å². The number of rotatable bonds is 1. The molecule has 0 unspecified atom stereocenters. The van der Waals surface area contributed by atoms with Gasteiger partial charge in [-0.3, -0.25) is 4.79 Å². The van der Waals surface area contributed by atoms with Gasteiger partial charge in [0.05, 0.1) is 11.8 Å². The first kappa shape index (κ1) is 8.92. The summed E-state index contributed by atoms with van der Waals surface area (Å²) in [5.74, 6) is -1.17. The van der Waals surface area contributed by atoms with Gasteiger partial charge in [0.15, 0.2) is 0 Å². The Morgan fingerprint density at radius 3 is 2.83 bits per heavy atom. The number of aromatic nitrogens is 2. The average molecular weight is 233 g/mol. The molecule has 0 fully saturated rings. The van der Waals surface area contributed by atoms with Gasteiger partial charge in [-0.2, -0.15) is 5.10 Å². The molecule has 0 bridgehead atoms. The van der Waals surface area contributed by atoms with E-state index in [9.17, 15) is 9.59 Å². The third-order valence-corrected chi connectivity index (χ3v) is 2.07. The van der Waals surface area contributed by atoms with Crippen LogP contribution in [-0.2, 0) is 7.05 Å². The lowest BCUT2D eigenvalue weighted by Gasteiger charge is -1.99. The van der Waals surface area contributed by atoms with Crippen LogP contribution >= 0.6 is 15.9 Å². The van der Waals surface area contributed by atoms with Crippen molar-refractivity contribution in [2.45, 2.75) is 0 Å². The molecule has 5 nitrogen and oxygen atoms in total. The van der Waals surface area contributed by atoms with E-state index in [4.69, 9.17) is 5.11 Å². The molecule has 0 spiro atoms. The molecular formula is C6H5BrN2O3. The molecule has 1 heterocycles. The summed E-state index contributed by atoms with van der Waals surface area (Å²) in [6, 6.07) is 0. The number of halogens is 1. The molecule has 1 aromatic heterocycles. The zero-order chi connectivity index (χ0) is 9.30. The van der Waals surface area contributed by atoms with E-state index >= 15 is 0 Å². The Hall–Kier alpha value is -1.17. The van der Waals surface area contributed by atoms with Crippen LogP contribution in [0, 0.1) is 0 Å². The molecule has 64 valence electrons. The highest BCUT2D eigenvalue weighted by Crippen LogP contribution is 2.08. The summed E-state index contributed by atoms with van der Waals surface area (Å²) in [7, 11) is 1.44. The number of aromatic carboxylic acids is 1. The lowest BCUT2D eigenvalue weighted by molar-refractivity contribution is 0.0694. The SMILES string of the molecule is Cn1ncc(C(=O)O)c(Br)c1=O. The number of hydrogen-bond acceptors (Lipinski definition) is 3. The van der Waals surface area contributed by atoms with Gasteiger partial charge in [-0.25, -0.2) is 9.48 Å². The van der Waals surface area contributed by atoms with Gasteiger partial charge in [-0.15, -0.1) is 0 Å².